The number of aliphatic hydroxyl groups is 1. The van der Waals surface area contributed by atoms with Crippen molar-refractivity contribution < 1.29 is 34.8 Å². The zero-order valence-electron chi connectivity index (χ0n) is 11.6. The normalized spacial score (nSPS) is 7.40. The monoisotopic (exact) mass is 288 g/mol. The summed E-state index contributed by atoms with van der Waals surface area (Å²) in [5, 5.41) is 31.3. The van der Waals surface area contributed by atoms with Crippen molar-refractivity contribution in [1.82, 2.24) is 0 Å². The minimum Gasteiger partial charge on any atom is -0.508 e. The van der Waals surface area contributed by atoms with E-state index in [1.165, 1.54) is 6.92 Å². The van der Waals surface area contributed by atoms with E-state index < -0.39 is 11.9 Å². The molecule has 0 heterocycles. The average Bonchev–Trinajstić information content (AvgIpc) is 2.29. The summed E-state index contributed by atoms with van der Waals surface area (Å²) >= 11 is 0. The number of aliphatic carboxylic acids is 2. The van der Waals surface area contributed by atoms with E-state index in [0.29, 0.717) is 5.75 Å². The molecular formula is C13H20O7. The molecule has 0 aliphatic heterocycles. The molecule has 0 amide bonds. The average molecular weight is 288 g/mol. The molecule has 0 spiro atoms. The highest BCUT2D eigenvalue weighted by Crippen LogP contribution is 2.02. The summed E-state index contributed by atoms with van der Waals surface area (Å²) in [6.07, 6.45) is 0. The van der Waals surface area contributed by atoms with Crippen molar-refractivity contribution in [3.63, 3.8) is 0 Å². The maximum absolute atomic E-state index is 9.56. The molecule has 0 aromatic heterocycles. The van der Waals surface area contributed by atoms with Gasteiger partial charge in [0.2, 0.25) is 0 Å². The summed E-state index contributed by atoms with van der Waals surface area (Å²) in [4.78, 5) is 27.6. The van der Waals surface area contributed by atoms with Crippen LogP contribution in [0.25, 0.3) is 0 Å². The Morgan fingerprint density at radius 1 is 0.900 bits per heavy atom. The Hall–Kier alpha value is -2.41. The Kier molecular flexibility index (Phi) is 18.9. The van der Waals surface area contributed by atoms with Gasteiger partial charge in [0.25, 0.3) is 11.9 Å². The molecule has 7 nitrogen and oxygen atoms in total. The lowest BCUT2D eigenvalue weighted by atomic mass is 10.3. The number of benzene rings is 1. The number of carbonyl (C=O) groups is 3. The van der Waals surface area contributed by atoms with Crippen molar-refractivity contribution in [1.29, 1.82) is 0 Å². The van der Waals surface area contributed by atoms with E-state index in [1.807, 2.05) is 6.07 Å². The second-order valence-electron chi connectivity index (χ2n) is 3.23. The molecule has 0 unspecified atom stereocenters. The number of carboxylic acid groups (broad SMARTS) is 2. The second-order valence-corrected chi connectivity index (χ2v) is 3.23. The lowest BCUT2D eigenvalue weighted by Gasteiger charge is -1.82. The summed E-state index contributed by atoms with van der Waals surface area (Å²) in [7, 11) is 0. The highest BCUT2D eigenvalue weighted by Gasteiger charge is 1.78. The van der Waals surface area contributed by atoms with Crippen molar-refractivity contribution >= 4 is 17.7 Å². The van der Waals surface area contributed by atoms with Gasteiger partial charge in [-0.2, -0.15) is 0 Å². The van der Waals surface area contributed by atoms with E-state index in [0.717, 1.165) is 13.8 Å². The number of aliphatic hydroxyl groups excluding tert-OH is 1. The lowest BCUT2D eigenvalue weighted by molar-refractivity contribution is -0.135. The van der Waals surface area contributed by atoms with E-state index in [2.05, 4.69) is 0 Å². The van der Waals surface area contributed by atoms with Crippen molar-refractivity contribution in [2.24, 2.45) is 0 Å². The van der Waals surface area contributed by atoms with Crippen LogP contribution in [0.1, 0.15) is 20.8 Å². The Bertz CT molecular complexity index is 354. The van der Waals surface area contributed by atoms with Crippen molar-refractivity contribution in [2.45, 2.75) is 20.8 Å². The van der Waals surface area contributed by atoms with Crippen LogP contribution in [-0.4, -0.2) is 44.8 Å². The van der Waals surface area contributed by atoms with Crippen LogP contribution in [0.3, 0.4) is 0 Å². The number of phenols is 1. The summed E-state index contributed by atoms with van der Waals surface area (Å²) in [5.41, 5.74) is 0. The van der Waals surface area contributed by atoms with Gasteiger partial charge in [-0.25, -0.2) is 0 Å². The van der Waals surface area contributed by atoms with E-state index in [1.54, 1.807) is 24.3 Å². The number of aromatic hydroxyl groups is 1. The molecule has 0 atom stereocenters. The molecule has 20 heavy (non-hydrogen) atoms. The molecule has 0 saturated carbocycles. The van der Waals surface area contributed by atoms with Crippen molar-refractivity contribution in [3.8, 4) is 5.75 Å². The summed E-state index contributed by atoms with van der Waals surface area (Å²) < 4.78 is 0. The molecule has 1 aromatic rings. The fraction of sp³-hybridized carbons (Fsp3) is 0.308. The highest BCUT2D eigenvalue weighted by atomic mass is 16.4. The number of carboxylic acids is 2. The fourth-order valence-corrected chi connectivity index (χ4v) is 0.428. The SMILES string of the molecule is CC(=O)CO.CC(=O)O.CC(=O)O.Oc1ccccc1. The van der Waals surface area contributed by atoms with Gasteiger partial charge < -0.3 is 20.4 Å². The molecular weight excluding hydrogens is 268 g/mol. The number of ketones is 1. The van der Waals surface area contributed by atoms with Gasteiger partial charge in [0.05, 0.1) is 0 Å². The highest BCUT2D eigenvalue weighted by molar-refractivity contribution is 5.76. The van der Waals surface area contributed by atoms with Crippen LogP contribution in [0, 0.1) is 0 Å². The van der Waals surface area contributed by atoms with Gasteiger partial charge in [-0.05, 0) is 19.1 Å². The minimum absolute atomic E-state index is 0.190. The first kappa shape index (κ1) is 22.7. The lowest BCUT2D eigenvalue weighted by Crippen LogP contribution is -1.93. The number of phenolic OH excluding ortho intramolecular Hbond substituents is 1. The Balaban J connectivity index is -0.000000201. The number of rotatable bonds is 1. The van der Waals surface area contributed by atoms with Crippen molar-refractivity contribution in [2.75, 3.05) is 6.61 Å². The number of para-hydroxylation sites is 1. The summed E-state index contributed by atoms with van der Waals surface area (Å²) in [6.45, 7) is 3.17. The van der Waals surface area contributed by atoms with Crippen LogP contribution in [0.5, 0.6) is 5.75 Å². The third-order valence-corrected chi connectivity index (χ3v) is 0.979. The third-order valence-electron chi connectivity index (χ3n) is 0.979. The molecule has 0 bridgehead atoms. The van der Waals surface area contributed by atoms with E-state index in [4.69, 9.17) is 30.0 Å². The zero-order valence-corrected chi connectivity index (χ0v) is 11.6. The van der Waals surface area contributed by atoms with E-state index in [-0.39, 0.29) is 12.4 Å². The third kappa shape index (κ3) is 57.6. The molecule has 114 valence electrons. The summed E-state index contributed by atoms with van der Waals surface area (Å²) in [6, 6.07) is 8.71. The van der Waals surface area contributed by atoms with Gasteiger partial charge >= 0.3 is 0 Å². The molecule has 0 radical (unpaired) electrons. The molecule has 0 aliphatic rings. The van der Waals surface area contributed by atoms with Crippen LogP contribution >= 0.6 is 0 Å². The maximum atomic E-state index is 9.56. The molecule has 0 aliphatic carbocycles. The van der Waals surface area contributed by atoms with Gasteiger partial charge in [-0.15, -0.1) is 0 Å². The number of hydrogen-bond donors (Lipinski definition) is 4. The van der Waals surface area contributed by atoms with Gasteiger partial charge in [0, 0.05) is 13.8 Å². The van der Waals surface area contributed by atoms with Crippen LogP contribution < -0.4 is 0 Å². The molecule has 0 fully saturated rings. The largest absolute Gasteiger partial charge is 0.508 e. The number of Topliss-reactive ketones (excluding diaryl/α,β-unsaturated/α-hetero) is 1. The van der Waals surface area contributed by atoms with Gasteiger partial charge in [-0.3, -0.25) is 14.4 Å². The number of hydrogen-bond acceptors (Lipinski definition) is 5. The first-order valence-corrected chi connectivity index (χ1v) is 5.36. The molecule has 1 rings (SSSR count). The van der Waals surface area contributed by atoms with E-state index in [9.17, 15) is 4.79 Å². The predicted octanol–water partition coefficient (Wildman–Crippen LogP) is 1.14. The van der Waals surface area contributed by atoms with Gasteiger partial charge in [0.15, 0.2) is 5.78 Å². The molecule has 4 N–H and O–H groups in total. The maximum Gasteiger partial charge on any atom is 0.300 e. The van der Waals surface area contributed by atoms with Crippen molar-refractivity contribution in [3.05, 3.63) is 30.3 Å². The number of carbonyl (C=O) groups excluding carboxylic acids is 1. The first-order valence-electron chi connectivity index (χ1n) is 5.36. The van der Waals surface area contributed by atoms with Crippen LogP contribution in [0.2, 0.25) is 0 Å². The molecule has 0 saturated heterocycles. The predicted molar refractivity (Wildman–Crippen MR) is 72.5 cm³/mol. The second kappa shape index (κ2) is 16.6. The van der Waals surface area contributed by atoms with E-state index >= 15 is 0 Å². The molecule has 1 aromatic carbocycles. The summed E-state index contributed by atoms with van der Waals surface area (Å²) in [5.74, 6) is -1.53. The molecule has 7 heteroatoms. The quantitative estimate of drug-likeness (QED) is 0.609. The van der Waals surface area contributed by atoms with Crippen LogP contribution in [0.15, 0.2) is 30.3 Å². The standard InChI is InChI=1S/C6H6O.C3H6O2.2C2H4O2/c7-6-4-2-1-3-5-6;1-3(5)2-4;2*1-2(3)4/h1-5,7H;4H,2H2,1H3;2*1H3,(H,3,4). The topological polar surface area (TPSA) is 132 Å². The Labute approximate surface area is 117 Å². The van der Waals surface area contributed by atoms with Gasteiger partial charge in [0.1, 0.15) is 12.4 Å². The van der Waals surface area contributed by atoms with Crippen LogP contribution in [0.4, 0.5) is 0 Å². The fourth-order valence-electron chi connectivity index (χ4n) is 0.428. The first-order chi connectivity index (χ1) is 9.13. The Morgan fingerprint density at radius 2 is 1.15 bits per heavy atom. The van der Waals surface area contributed by atoms with Gasteiger partial charge in [-0.1, -0.05) is 18.2 Å². The Morgan fingerprint density at radius 3 is 1.25 bits per heavy atom. The zero-order chi connectivity index (χ0) is 16.6. The minimum atomic E-state index is -0.833. The van der Waals surface area contributed by atoms with Crippen LogP contribution in [-0.2, 0) is 14.4 Å². The smallest absolute Gasteiger partial charge is 0.300 e.